The van der Waals surface area contributed by atoms with Gasteiger partial charge in [-0.15, -0.1) is 0 Å². The van der Waals surface area contributed by atoms with Gasteiger partial charge in [0.15, 0.2) is 0 Å². The zero-order valence-electron chi connectivity index (χ0n) is 25.2. The van der Waals surface area contributed by atoms with E-state index in [1.807, 2.05) is 77.8 Å². The summed E-state index contributed by atoms with van der Waals surface area (Å²) < 4.78 is 0. The number of rotatable bonds is 8. The molecular weight excluding hydrogens is 632 g/mol. The molecule has 0 N–H and O–H groups in total. The van der Waals surface area contributed by atoms with Gasteiger partial charge in [0.2, 0.25) is 0 Å². The molecule has 0 aromatic heterocycles. The maximum absolute atomic E-state index is 12.1. The van der Waals surface area contributed by atoms with Crippen LogP contribution in [0.1, 0.15) is 40.3 Å². The van der Waals surface area contributed by atoms with Gasteiger partial charge in [-0.25, -0.2) is 0 Å². The van der Waals surface area contributed by atoms with E-state index >= 15 is 0 Å². The lowest BCUT2D eigenvalue weighted by Gasteiger charge is -2.24. The predicted molar refractivity (Wildman–Crippen MR) is 181 cm³/mol. The van der Waals surface area contributed by atoms with Gasteiger partial charge in [-0.05, 0) is 40.5 Å². The van der Waals surface area contributed by atoms with E-state index in [0.29, 0.717) is 12.0 Å². The first kappa shape index (κ1) is 30.6. The Morgan fingerprint density at radius 1 is 0.633 bits per heavy atom. The normalized spacial score (nSPS) is 14.5. The molecular formula is C35H22N6O8. The van der Waals surface area contributed by atoms with Gasteiger partial charge in [-0.2, -0.15) is 5.10 Å². The second-order valence-electron chi connectivity index (χ2n) is 11.3. The smallest absolute Gasteiger partial charge is 0.258 e. The van der Waals surface area contributed by atoms with Crippen LogP contribution < -0.4 is 5.01 Å². The van der Waals surface area contributed by atoms with Gasteiger partial charge < -0.3 is 0 Å². The van der Waals surface area contributed by atoms with Gasteiger partial charge >= 0.3 is 0 Å². The van der Waals surface area contributed by atoms with Crippen molar-refractivity contribution >= 4 is 45.8 Å². The number of hydrogen-bond donors (Lipinski definition) is 0. The number of anilines is 1. The minimum atomic E-state index is -0.859. The highest BCUT2D eigenvalue weighted by Crippen LogP contribution is 2.55. The van der Waals surface area contributed by atoms with E-state index in [2.05, 4.69) is 0 Å². The Kier molecular flexibility index (Phi) is 7.44. The van der Waals surface area contributed by atoms with E-state index in [9.17, 15) is 40.5 Å². The topological polar surface area (TPSA) is 188 Å². The summed E-state index contributed by atoms with van der Waals surface area (Å²) in [5.74, 6) is 0. The number of nitro benzene ring substituents is 4. The summed E-state index contributed by atoms with van der Waals surface area (Å²) in [6.07, 6.45) is 2.20. The van der Waals surface area contributed by atoms with Crippen LogP contribution >= 0.6 is 0 Å². The second-order valence-corrected chi connectivity index (χ2v) is 11.3. The van der Waals surface area contributed by atoms with Crippen LogP contribution in [0, 0.1) is 40.5 Å². The van der Waals surface area contributed by atoms with Gasteiger partial charge in [0.05, 0.1) is 60.4 Å². The molecule has 0 radical (unpaired) electrons. The fourth-order valence-corrected chi connectivity index (χ4v) is 6.35. The molecule has 0 saturated carbocycles. The highest BCUT2D eigenvalue weighted by Gasteiger charge is 2.40. The van der Waals surface area contributed by atoms with Crippen molar-refractivity contribution in [1.82, 2.24) is 0 Å². The number of hydrazone groups is 1. The first-order valence-electron chi connectivity index (χ1n) is 14.8. The van der Waals surface area contributed by atoms with E-state index < -0.39 is 42.4 Å². The lowest BCUT2D eigenvalue weighted by atomic mass is 9.98. The summed E-state index contributed by atoms with van der Waals surface area (Å²) in [5, 5.41) is 54.8. The average molecular weight is 655 g/mol. The summed E-state index contributed by atoms with van der Waals surface area (Å²) in [7, 11) is 0. The number of benzene rings is 5. The molecule has 0 fully saturated rings. The fraction of sp³-hybridized carbons (Fsp3) is 0.0571. The molecule has 14 heteroatoms. The van der Waals surface area contributed by atoms with Crippen LogP contribution in [-0.4, -0.2) is 25.4 Å². The minimum Gasteiger partial charge on any atom is -0.258 e. The van der Waals surface area contributed by atoms with Crippen LogP contribution in [0.15, 0.2) is 114 Å². The monoisotopic (exact) mass is 654 g/mol. The third-order valence-corrected chi connectivity index (χ3v) is 8.52. The number of hydrogen-bond acceptors (Lipinski definition) is 10. The summed E-state index contributed by atoms with van der Waals surface area (Å²) in [5.41, 5.74) is 1.23. The second kappa shape index (κ2) is 11.9. The largest absolute Gasteiger partial charge is 0.284 e. The van der Waals surface area contributed by atoms with Crippen molar-refractivity contribution in [2.24, 2.45) is 5.10 Å². The minimum absolute atomic E-state index is 0.0237. The maximum Gasteiger partial charge on any atom is 0.284 e. The van der Waals surface area contributed by atoms with Gasteiger partial charge in [-0.3, -0.25) is 45.5 Å². The fourth-order valence-electron chi connectivity index (χ4n) is 6.35. The van der Waals surface area contributed by atoms with Crippen molar-refractivity contribution in [3.05, 3.63) is 177 Å². The molecule has 1 aliphatic heterocycles. The van der Waals surface area contributed by atoms with E-state index in [1.54, 1.807) is 18.2 Å². The Morgan fingerprint density at radius 2 is 1.14 bits per heavy atom. The third kappa shape index (κ3) is 5.42. The first-order chi connectivity index (χ1) is 23.6. The lowest BCUT2D eigenvalue weighted by Crippen LogP contribution is -2.18. The quantitative estimate of drug-likeness (QED) is 0.115. The Labute approximate surface area is 276 Å². The van der Waals surface area contributed by atoms with Crippen LogP contribution in [0.4, 0.5) is 28.4 Å². The summed E-state index contributed by atoms with van der Waals surface area (Å²) >= 11 is 0. The molecule has 1 heterocycles. The molecule has 14 nitrogen and oxygen atoms in total. The van der Waals surface area contributed by atoms with E-state index in [0.717, 1.165) is 46.8 Å². The van der Waals surface area contributed by atoms with Gasteiger partial charge in [0.25, 0.3) is 22.7 Å². The zero-order chi connectivity index (χ0) is 34.4. The van der Waals surface area contributed by atoms with Gasteiger partial charge in [0.1, 0.15) is 0 Å². The van der Waals surface area contributed by atoms with Crippen LogP contribution in [0.2, 0.25) is 0 Å². The van der Waals surface area contributed by atoms with E-state index in [4.69, 9.17) is 5.10 Å². The van der Waals surface area contributed by atoms with Crippen LogP contribution in [0.5, 0.6) is 0 Å². The summed E-state index contributed by atoms with van der Waals surface area (Å²) in [4.78, 5) is 44.5. The molecule has 7 rings (SSSR count). The molecule has 0 spiro atoms. The molecule has 0 saturated heterocycles. The number of non-ortho nitro benzene ring substituents is 2. The first-order valence-corrected chi connectivity index (χ1v) is 14.8. The van der Waals surface area contributed by atoms with E-state index in [-0.39, 0.29) is 33.9 Å². The van der Waals surface area contributed by atoms with Crippen molar-refractivity contribution < 1.29 is 19.7 Å². The zero-order valence-corrected chi connectivity index (χ0v) is 25.2. The van der Waals surface area contributed by atoms with Crippen molar-refractivity contribution in [3.63, 3.8) is 0 Å². The van der Waals surface area contributed by atoms with Crippen LogP contribution in [-0.2, 0) is 0 Å². The Bertz CT molecular complexity index is 2190. The molecule has 1 aliphatic carbocycles. The Morgan fingerprint density at radius 3 is 1.63 bits per heavy atom. The number of fused-ring (bicyclic) bond motifs is 3. The molecule has 5 aromatic carbocycles. The number of nitrogens with zero attached hydrogens (tertiary/aromatic N) is 6. The van der Waals surface area contributed by atoms with Crippen molar-refractivity contribution in [3.8, 4) is 11.1 Å². The molecule has 240 valence electrons. The van der Waals surface area contributed by atoms with Gasteiger partial charge in [0, 0.05) is 29.7 Å². The molecule has 5 aromatic rings. The summed E-state index contributed by atoms with van der Waals surface area (Å²) in [6.45, 7) is 0. The predicted octanol–water partition coefficient (Wildman–Crippen LogP) is 8.24. The molecule has 0 amide bonds. The third-order valence-electron chi connectivity index (χ3n) is 8.52. The average Bonchev–Trinajstić information content (AvgIpc) is 3.69. The lowest BCUT2D eigenvalue weighted by molar-refractivity contribution is -0.395. The number of nitro groups is 4. The van der Waals surface area contributed by atoms with Crippen molar-refractivity contribution in [1.29, 1.82) is 0 Å². The molecule has 49 heavy (non-hydrogen) atoms. The highest BCUT2D eigenvalue weighted by atomic mass is 16.6. The Balaban J connectivity index is 1.37. The van der Waals surface area contributed by atoms with Crippen molar-refractivity contribution in [2.75, 3.05) is 5.01 Å². The van der Waals surface area contributed by atoms with Crippen molar-refractivity contribution in [2.45, 2.75) is 12.5 Å². The maximum atomic E-state index is 12.1. The Hall–Kier alpha value is -7.09. The molecule has 1 atom stereocenters. The van der Waals surface area contributed by atoms with Crippen LogP contribution in [0.25, 0.3) is 22.8 Å². The molecule has 2 aliphatic rings. The van der Waals surface area contributed by atoms with Gasteiger partial charge in [-0.1, -0.05) is 72.8 Å². The SMILES string of the molecule is O=[N+]([O-])c1cc2c(c([N+](=O)[O-])c1)-c1c(cc([N+](=O)[O-])cc1[N+](=O)[O-])C2=Cc1ccc(N2N=C(c3ccccc3)CC2c2ccccc2)cc1. The standard InChI is InChI=1S/C35H22N6O8/c42-38(43)25-16-28-27(29-17-26(39(44)45)19-33(41(48)49)35(29)34(28)32(18-25)40(46)47)15-21-11-13-24(14-12-21)37-31(23-9-5-2-6-10-23)20-30(36-37)22-7-3-1-4-8-22/h1-19,31H,20H2. The van der Waals surface area contributed by atoms with E-state index in [1.165, 1.54) is 0 Å². The highest BCUT2D eigenvalue weighted by molar-refractivity contribution is 6.12. The summed E-state index contributed by atoms with van der Waals surface area (Å²) in [6, 6.07) is 30.4. The molecule has 1 unspecified atom stereocenters. The van der Waals surface area contributed by atoms with Crippen LogP contribution in [0.3, 0.4) is 0 Å². The molecule has 0 bridgehead atoms.